The number of fused-ring (bicyclic) bond motifs is 1. The number of benzene rings is 3. The summed E-state index contributed by atoms with van der Waals surface area (Å²) >= 11 is 0. The highest BCUT2D eigenvalue weighted by atomic mass is 16.6. The molecule has 0 saturated heterocycles. The number of hydrogen-bond acceptors (Lipinski definition) is 7. The largest absolute Gasteiger partial charge is 0.465 e. The van der Waals surface area contributed by atoms with Crippen molar-refractivity contribution in [2.45, 2.75) is 40.2 Å². The Balaban J connectivity index is 1.86. The number of methoxy groups -OCH3 is 1. The lowest BCUT2D eigenvalue weighted by Crippen LogP contribution is -2.31. The Morgan fingerprint density at radius 1 is 0.872 bits per heavy atom. The van der Waals surface area contributed by atoms with Gasteiger partial charge in [0.05, 0.1) is 35.2 Å². The fourth-order valence-electron chi connectivity index (χ4n) is 4.36. The number of carbonyl (C=O) groups is 4. The predicted molar refractivity (Wildman–Crippen MR) is 149 cm³/mol. The van der Waals surface area contributed by atoms with Gasteiger partial charge in [0, 0.05) is 18.2 Å². The summed E-state index contributed by atoms with van der Waals surface area (Å²) in [4.78, 5) is 52.3. The van der Waals surface area contributed by atoms with Crippen LogP contribution in [0.15, 0.2) is 66.7 Å². The fraction of sp³-hybridized carbons (Fsp3) is 0.226. The van der Waals surface area contributed by atoms with Crippen molar-refractivity contribution in [1.82, 2.24) is 0 Å². The maximum Gasteiger partial charge on any atom is 0.338 e. The topological polar surface area (TPSA) is 102 Å². The summed E-state index contributed by atoms with van der Waals surface area (Å²) in [5, 5.41) is 3.33. The Bertz CT molecular complexity index is 1500. The number of nitrogens with zero attached hydrogens (tertiary/aromatic N) is 1. The monoisotopic (exact) mass is 526 g/mol. The number of esters is 2. The van der Waals surface area contributed by atoms with Gasteiger partial charge in [0.15, 0.2) is 0 Å². The summed E-state index contributed by atoms with van der Waals surface area (Å²) in [6.45, 7) is 8.45. The molecule has 2 amide bonds. The molecular formula is C31H30N2O6. The van der Waals surface area contributed by atoms with Crippen molar-refractivity contribution >= 4 is 46.4 Å². The Labute approximate surface area is 227 Å². The normalized spacial score (nSPS) is 14.0. The van der Waals surface area contributed by atoms with Crippen LogP contribution in [0, 0.1) is 6.92 Å². The molecule has 0 atom stereocenters. The highest BCUT2D eigenvalue weighted by molar-refractivity contribution is 6.44. The zero-order valence-corrected chi connectivity index (χ0v) is 22.7. The third kappa shape index (κ3) is 5.60. The van der Waals surface area contributed by atoms with Gasteiger partial charge in [0.25, 0.3) is 5.91 Å². The SMILES string of the molecule is COC(=O)c1cc2c(cc1C)/C(=C(\Nc1ccc(C(=O)OC(C)(C)C)cc1)c1ccccc1)C(=O)N2C(C)=O. The first kappa shape index (κ1) is 27.3. The van der Waals surface area contributed by atoms with E-state index in [0.29, 0.717) is 39.3 Å². The zero-order valence-electron chi connectivity index (χ0n) is 22.7. The molecule has 0 spiro atoms. The van der Waals surface area contributed by atoms with Crippen LogP contribution in [-0.4, -0.2) is 36.5 Å². The van der Waals surface area contributed by atoms with E-state index >= 15 is 0 Å². The molecule has 3 aromatic rings. The molecule has 200 valence electrons. The van der Waals surface area contributed by atoms with E-state index in [1.165, 1.54) is 20.1 Å². The molecule has 0 saturated carbocycles. The van der Waals surface area contributed by atoms with Gasteiger partial charge in [-0.15, -0.1) is 0 Å². The van der Waals surface area contributed by atoms with Crippen molar-refractivity contribution in [1.29, 1.82) is 0 Å². The molecule has 8 heteroatoms. The molecule has 1 heterocycles. The predicted octanol–water partition coefficient (Wildman–Crippen LogP) is 5.61. The molecule has 0 radical (unpaired) electrons. The van der Waals surface area contributed by atoms with E-state index in [2.05, 4.69) is 5.32 Å². The van der Waals surface area contributed by atoms with Gasteiger partial charge in [-0.05, 0) is 75.2 Å². The van der Waals surface area contributed by atoms with Crippen molar-refractivity contribution in [3.63, 3.8) is 0 Å². The number of hydrogen-bond donors (Lipinski definition) is 1. The third-order valence-electron chi connectivity index (χ3n) is 6.09. The van der Waals surface area contributed by atoms with Gasteiger partial charge in [-0.3, -0.25) is 9.59 Å². The Kier molecular flexibility index (Phi) is 7.40. The molecule has 8 nitrogen and oxygen atoms in total. The number of amides is 2. The van der Waals surface area contributed by atoms with Crippen LogP contribution in [0.25, 0.3) is 11.3 Å². The number of anilines is 2. The van der Waals surface area contributed by atoms with Crippen LogP contribution in [-0.2, 0) is 19.1 Å². The molecule has 0 bridgehead atoms. The van der Waals surface area contributed by atoms with Crippen molar-refractivity contribution in [3.05, 3.63) is 94.5 Å². The molecule has 3 aromatic carbocycles. The Morgan fingerprint density at radius 2 is 1.51 bits per heavy atom. The first-order chi connectivity index (χ1) is 18.4. The molecule has 39 heavy (non-hydrogen) atoms. The van der Waals surface area contributed by atoms with Gasteiger partial charge in [-0.1, -0.05) is 30.3 Å². The molecule has 1 aliphatic heterocycles. The number of imide groups is 1. The second-order valence-corrected chi connectivity index (χ2v) is 10.2. The first-order valence-corrected chi connectivity index (χ1v) is 12.4. The summed E-state index contributed by atoms with van der Waals surface area (Å²) in [6.07, 6.45) is 0. The minimum Gasteiger partial charge on any atom is -0.465 e. The molecule has 0 unspecified atom stereocenters. The van der Waals surface area contributed by atoms with E-state index in [1.54, 1.807) is 58.0 Å². The van der Waals surface area contributed by atoms with Crippen LogP contribution in [0.1, 0.15) is 65.1 Å². The highest BCUT2D eigenvalue weighted by Crippen LogP contribution is 2.42. The van der Waals surface area contributed by atoms with E-state index in [1.807, 2.05) is 30.3 Å². The lowest BCUT2D eigenvalue weighted by atomic mass is 9.96. The summed E-state index contributed by atoms with van der Waals surface area (Å²) in [7, 11) is 1.28. The maximum absolute atomic E-state index is 13.8. The second kappa shape index (κ2) is 10.6. The molecule has 0 aromatic heterocycles. The van der Waals surface area contributed by atoms with Gasteiger partial charge < -0.3 is 14.8 Å². The minimum absolute atomic E-state index is 0.267. The molecule has 1 N–H and O–H groups in total. The lowest BCUT2D eigenvalue weighted by molar-refractivity contribution is -0.122. The highest BCUT2D eigenvalue weighted by Gasteiger charge is 2.39. The van der Waals surface area contributed by atoms with Crippen LogP contribution in [0.2, 0.25) is 0 Å². The van der Waals surface area contributed by atoms with Gasteiger partial charge >= 0.3 is 11.9 Å². The molecular weight excluding hydrogens is 496 g/mol. The van der Waals surface area contributed by atoms with Crippen LogP contribution in [0.5, 0.6) is 0 Å². The van der Waals surface area contributed by atoms with Gasteiger partial charge in [0.2, 0.25) is 5.91 Å². The van der Waals surface area contributed by atoms with E-state index in [-0.39, 0.29) is 11.1 Å². The molecule has 4 rings (SSSR count). The van der Waals surface area contributed by atoms with Crippen molar-refractivity contribution in [3.8, 4) is 0 Å². The van der Waals surface area contributed by atoms with E-state index in [0.717, 1.165) is 4.90 Å². The van der Waals surface area contributed by atoms with Crippen molar-refractivity contribution < 1.29 is 28.7 Å². The Hall–Kier alpha value is -4.72. The van der Waals surface area contributed by atoms with Gasteiger partial charge in [-0.2, -0.15) is 0 Å². The fourth-order valence-corrected chi connectivity index (χ4v) is 4.36. The van der Waals surface area contributed by atoms with E-state index in [4.69, 9.17) is 9.47 Å². The summed E-state index contributed by atoms with van der Waals surface area (Å²) in [6, 6.07) is 19.2. The van der Waals surface area contributed by atoms with Crippen molar-refractivity contribution in [2.24, 2.45) is 0 Å². The lowest BCUT2D eigenvalue weighted by Gasteiger charge is -2.19. The number of carbonyl (C=O) groups excluding carboxylic acids is 4. The van der Waals surface area contributed by atoms with E-state index < -0.39 is 29.4 Å². The number of rotatable bonds is 5. The second-order valence-electron chi connectivity index (χ2n) is 10.2. The summed E-state index contributed by atoms with van der Waals surface area (Å²) < 4.78 is 10.3. The van der Waals surface area contributed by atoms with Crippen LogP contribution >= 0.6 is 0 Å². The van der Waals surface area contributed by atoms with Crippen LogP contribution < -0.4 is 10.2 Å². The van der Waals surface area contributed by atoms with Crippen LogP contribution in [0.4, 0.5) is 11.4 Å². The maximum atomic E-state index is 13.8. The average Bonchev–Trinajstić information content (AvgIpc) is 3.16. The number of aryl methyl sites for hydroxylation is 1. The van der Waals surface area contributed by atoms with E-state index in [9.17, 15) is 19.2 Å². The third-order valence-corrected chi connectivity index (χ3v) is 6.09. The van der Waals surface area contributed by atoms with Gasteiger partial charge in [0.1, 0.15) is 5.60 Å². The Morgan fingerprint density at radius 3 is 2.08 bits per heavy atom. The summed E-state index contributed by atoms with van der Waals surface area (Å²) in [5.41, 5.74) is 3.54. The number of ether oxygens (including phenoxy) is 2. The zero-order chi connectivity index (χ0) is 28.5. The standard InChI is InChI=1S/C31H30N2O6/c1-18-16-24-25(17-23(18)30(37)38-6)33(19(2)34)28(35)26(24)27(20-10-8-7-9-11-20)32-22-14-12-21(13-15-22)29(36)39-31(3,4)5/h7-17,32H,1-6H3/b27-26+. The smallest absolute Gasteiger partial charge is 0.338 e. The van der Waals surface area contributed by atoms with Crippen LogP contribution in [0.3, 0.4) is 0 Å². The molecule has 0 aliphatic carbocycles. The quantitative estimate of drug-likeness (QED) is 0.341. The van der Waals surface area contributed by atoms with Crippen molar-refractivity contribution in [2.75, 3.05) is 17.3 Å². The average molecular weight is 527 g/mol. The first-order valence-electron chi connectivity index (χ1n) is 12.4. The summed E-state index contributed by atoms with van der Waals surface area (Å²) in [5.74, 6) is -2.00. The molecule has 0 fully saturated rings. The number of nitrogens with one attached hydrogen (secondary N) is 1. The molecule has 1 aliphatic rings. The minimum atomic E-state index is -0.621. The van der Waals surface area contributed by atoms with Gasteiger partial charge in [-0.25, -0.2) is 14.5 Å².